The highest BCUT2D eigenvalue weighted by molar-refractivity contribution is 5.66. The number of aromatic nitrogens is 1. The van der Waals surface area contributed by atoms with Crippen LogP contribution < -0.4 is 5.73 Å². The van der Waals surface area contributed by atoms with Crippen LogP contribution >= 0.6 is 0 Å². The second-order valence-electron chi connectivity index (χ2n) is 9.84. The summed E-state index contributed by atoms with van der Waals surface area (Å²) < 4.78 is 0. The van der Waals surface area contributed by atoms with E-state index in [0.717, 1.165) is 33.5 Å². The molecule has 0 unspecified atom stereocenters. The summed E-state index contributed by atoms with van der Waals surface area (Å²) in [6.07, 6.45) is 1.07. The van der Waals surface area contributed by atoms with Gasteiger partial charge in [-0.1, -0.05) is 91.0 Å². The number of rotatable bonds is 11. The molecule has 1 aromatic heterocycles. The van der Waals surface area contributed by atoms with Crippen LogP contribution in [0, 0.1) is 6.92 Å². The first-order valence-electron chi connectivity index (χ1n) is 12.9. The number of hydrogen-bond acceptors (Lipinski definition) is 4. The molecular weight excluding hydrogens is 474 g/mol. The minimum absolute atomic E-state index is 0.178. The number of aliphatic hydroxyl groups is 1. The van der Waals surface area contributed by atoms with Gasteiger partial charge in [0.1, 0.15) is 0 Å². The Morgan fingerprint density at radius 1 is 0.842 bits per heavy atom. The monoisotopic (exact) mass is 509 g/mol. The van der Waals surface area contributed by atoms with Crippen molar-refractivity contribution in [1.82, 2.24) is 9.88 Å². The molecule has 3 atom stereocenters. The second-order valence-corrected chi connectivity index (χ2v) is 9.84. The lowest BCUT2D eigenvalue weighted by molar-refractivity contribution is 0.0362. The van der Waals surface area contributed by atoms with Gasteiger partial charge in [0.05, 0.1) is 17.8 Å². The van der Waals surface area contributed by atoms with Gasteiger partial charge >= 0.3 is 6.09 Å². The highest BCUT2D eigenvalue weighted by Crippen LogP contribution is 2.23. The summed E-state index contributed by atoms with van der Waals surface area (Å²) in [5.41, 5.74) is 12.3. The fourth-order valence-corrected chi connectivity index (χ4v) is 4.72. The van der Waals surface area contributed by atoms with Crippen molar-refractivity contribution in [3.05, 3.63) is 126 Å². The smallest absolute Gasteiger partial charge is 0.407 e. The topological polar surface area (TPSA) is 99.7 Å². The van der Waals surface area contributed by atoms with Crippen LogP contribution in [-0.2, 0) is 19.4 Å². The predicted octanol–water partition coefficient (Wildman–Crippen LogP) is 5.47. The summed E-state index contributed by atoms with van der Waals surface area (Å²) in [5, 5.41) is 21.6. The molecule has 0 bridgehead atoms. The molecule has 196 valence electrons. The lowest BCUT2D eigenvalue weighted by atomic mass is 9.92. The molecule has 0 fully saturated rings. The third kappa shape index (κ3) is 7.51. The number of aryl methyl sites for hydroxylation is 1. The van der Waals surface area contributed by atoms with E-state index in [2.05, 4.69) is 4.98 Å². The third-order valence-corrected chi connectivity index (χ3v) is 6.78. The van der Waals surface area contributed by atoms with Crippen molar-refractivity contribution in [2.75, 3.05) is 0 Å². The van der Waals surface area contributed by atoms with Gasteiger partial charge in [-0.15, -0.1) is 0 Å². The van der Waals surface area contributed by atoms with Crippen LogP contribution in [0.5, 0.6) is 0 Å². The quantitative estimate of drug-likeness (QED) is 0.249. The minimum Gasteiger partial charge on any atom is -0.465 e. The van der Waals surface area contributed by atoms with Gasteiger partial charge in [0, 0.05) is 24.3 Å². The Balaban J connectivity index is 1.55. The molecule has 0 spiro atoms. The average Bonchev–Trinajstić information content (AvgIpc) is 2.92. The Kier molecular flexibility index (Phi) is 9.25. The molecule has 0 saturated heterocycles. The zero-order chi connectivity index (χ0) is 26.9. The molecule has 1 heterocycles. The number of benzene rings is 3. The molecule has 1 amide bonds. The van der Waals surface area contributed by atoms with Crippen molar-refractivity contribution in [2.24, 2.45) is 5.73 Å². The van der Waals surface area contributed by atoms with Crippen molar-refractivity contribution in [2.45, 2.75) is 50.9 Å². The van der Waals surface area contributed by atoms with E-state index in [1.807, 2.05) is 110 Å². The zero-order valence-corrected chi connectivity index (χ0v) is 21.6. The largest absolute Gasteiger partial charge is 0.465 e. The van der Waals surface area contributed by atoms with E-state index in [0.29, 0.717) is 12.8 Å². The van der Waals surface area contributed by atoms with Crippen molar-refractivity contribution in [3.63, 3.8) is 0 Å². The maximum Gasteiger partial charge on any atom is 0.407 e. The predicted molar refractivity (Wildman–Crippen MR) is 151 cm³/mol. The summed E-state index contributed by atoms with van der Waals surface area (Å²) in [4.78, 5) is 18.3. The molecule has 0 aliphatic rings. The molecule has 0 radical (unpaired) electrons. The van der Waals surface area contributed by atoms with E-state index < -0.39 is 18.2 Å². The number of pyridine rings is 1. The molecule has 0 saturated carbocycles. The van der Waals surface area contributed by atoms with E-state index in [-0.39, 0.29) is 19.0 Å². The van der Waals surface area contributed by atoms with E-state index in [4.69, 9.17) is 5.73 Å². The van der Waals surface area contributed by atoms with Gasteiger partial charge in [0.2, 0.25) is 0 Å². The number of aliphatic hydroxyl groups excluding tert-OH is 1. The highest BCUT2D eigenvalue weighted by atomic mass is 16.4. The first-order chi connectivity index (χ1) is 18.4. The normalized spacial score (nSPS) is 13.4. The van der Waals surface area contributed by atoms with Gasteiger partial charge in [0.15, 0.2) is 0 Å². The van der Waals surface area contributed by atoms with E-state index >= 15 is 0 Å². The van der Waals surface area contributed by atoms with Crippen LogP contribution in [0.15, 0.2) is 103 Å². The van der Waals surface area contributed by atoms with Crippen LogP contribution in [0.4, 0.5) is 4.79 Å². The second kappa shape index (κ2) is 13.0. The lowest BCUT2D eigenvalue weighted by Gasteiger charge is -2.34. The number of nitrogens with zero attached hydrogens (tertiary/aromatic N) is 2. The van der Waals surface area contributed by atoms with Gasteiger partial charge in [-0.2, -0.15) is 0 Å². The van der Waals surface area contributed by atoms with Crippen molar-refractivity contribution < 1.29 is 15.0 Å². The van der Waals surface area contributed by atoms with Crippen molar-refractivity contribution in [3.8, 4) is 11.3 Å². The summed E-state index contributed by atoms with van der Waals surface area (Å²) >= 11 is 0. The fourth-order valence-electron chi connectivity index (χ4n) is 4.72. The maximum absolute atomic E-state index is 12.5. The van der Waals surface area contributed by atoms with Gasteiger partial charge in [0.25, 0.3) is 0 Å². The Hall–Kier alpha value is -4.00. The Morgan fingerprint density at radius 3 is 2.03 bits per heavy atom. The maximum atomic E-state index is 12.5. The number of nitrogens with two attached hydrogens (primary N) is 1. The van der Waals surface area contributed by atoms with Crippen LogP contribution in [-0.4, -0.2) is 44.4 Å². The standard InChI is InChI=1S/C32H35N3O3/c1-23-12-17-29(34-21-23)27-15-13-25(14-16-27)19-30(35(32(37)38)22-26-10-6-3-7-11-26)31(36)20-28(33)18-24-8-4-2-5-9-24/h2-17,21,28,30-31,36H,18-20,22,33H2,1H3,(H,37,38)/t28-,30-,31-/m0/s1. The molecule has 4 rings (SSSR count). The van der Waals surface area contributed by atoms with Crippen molar-refractivity contribution >= 4 is 6.09 Å². The molecule has 6 nitrogen and oxygen atoms in total. The van der Waals surface area contributed by atoms with E-state index in [1.165, 1.54) is 4.90 Å². The minimum atomic E-state index is -1.07. The number of carbonyl (C=O) groups is 1. The number of hydrogen-bond donors (Lipinski definition) is 3. The van der Waals surface area contributed by atoms with Gasteiger partial charge < -0.3 is 15.9 Å². The van der Waals surface area contributed by atoms with Crippen LogP contribution in [0.25, 0.3) is 11.3 Å². The zero-order valence-electron chi connectivity index (χ0n) is 21.6. The summed E-state index contributed by atoms with van der Waals surface area (Å²) in [6.45, 7) is 2.18. The molecular formula is C32H35N3O3. The molecule has 3 aromatic carbocycles. The number of amides is 1. The molecule has 4 N–H and O–H groups in total. The average molecular weight is 510 g/mol. The van der Waals surface area contributed by atoms with Crippen LogP contribution in [0.1, 0.15) is 28.7 Å². The summed E-state index contributed by atoms with van der Waals surface area (Å²) in [6, 6.07) is 30.3. The first kappa shape index (κ1) is 27.0. The fraction of sp³-hybridized carbons (Fsp3) is 0.250. The van der Waals surface area contributed by atoms with E-state index in [9.17, 15) is 15.0 Å². The first-order valence-corrected chi connectivity index (χ1v) is 12.9. The highest BCUT2D eigenvalue weighted by Gasteiger charge is 2.31. The van der Waals surface area contributed by atoms with Gasteiger partial charge in [-0.05, 0) is 54.5 Å². The summed E-state index contributed by atoms with van der Waals surface area (Å²) in [7, 11) is 0. The molecule has 4 aromatic rings. The SMILES string of the molecule is Cc1ccc(-c2ccc(C[C@@H]([C@@H](O)C[C@@H](N)Cc3ccccc3)N(Cc3ccccc3)C(=O)O)cc2)nc1. The Morgan fingerprint density at radius 2 is 1.45 bits per heavy atom. The van der Waals surface area contributed by atoms with Crippen LogP contribution in [0.2, 0.25) is 0 Å². The van der Waals surface area contributed by atoms with Crippen LogP contribution in [0.3, 0.4) is 0 Å². The van der Waals surface area contributed by atoms with Crippen molar-refractivity contribution in [1.29, 1.82) is 0 Å². The third-order valence-electron chi connectivity index (χ3n) is 6.78. The summed E-state index contributed by atoms with van der Waals surface area (Å²) in [5.74, 6) is 0. The lowest BCUT2D eigenvalue weighted by Crippen LogP contribution is -2.49. The van der Waals surface area contributed by atoms with Gasteiger partial charge in [-0.25, -0.2) is 4.79 Å². The molecule has 6 heteroatoms. The number of carboxylic acid groups (broad SMARTS) is 1. The van der Waals surface area contributed by atoms with Gasteiger partial charge in [-0.3, -0.25) is 9.88 Å². The molecule has 0 aliphatic heterocycles. The Labute approximate surface area is 224 Å². The van der Waals surface area contributed by atoms with E-state index in [1.54, 1.807) is 0 Å². The molecule has 38 heavy (non-hydrogen) atoms. The Bertz CT molecular complexity index is 1280. The molecule has 0 aliphatic carbocycles.